The van der Waals surface area contributed by atoms with E-state index >= 15 is 0 Å². The van der Waals surface area contributed by atoms with Gasteiger partial charge in [0.05, 0.1) is 17.6 Å². The first-order valence-corrected chi connectivity index (χ1v) is 8.97. The van der Waals surface area contributed by atoms with E-state index in [0.717, 1.165) is 16.6 Å². The third-order valence-corrected chi connectivity index (χ3v) is 4.88. The monoisotopic (exact) mass is 378 g/mol. The highest BCUT2D eigenvalue weighted by molar-refractivity contribution is 6.31. The molecule has 1 heterocycles. The van der Waals surface area contributed by atoms with Crippen molar-refractivity contribution in [3.05, 3.63) is 111 Å². The number of benzene rings is 3. The summed E-state index contributed by atoms with van der Waals surface area (Å²) < 4.78 is 15.5. The average Bonchev–Trinajstić information content (AvgIpc) is 2.69. The van der Waals surface area contributed by atoms with Crippen LogP contribution in [0.2, 0.25) is 5.02 Å². The molecule has 0 unspecified atom stereocenters. The molecule has 4 rings (SSSR count). The minimum Gasteiger partial charge on any atom is -0.267 e. The zero-order valence-corrected chi connectivity index (χ0v) is 15.2. The van der Waals surface area contributed by atoms with Gasteiger partial charge in [0, 0.05) is 22.4 Å². The van der Waals surface area contributed by atoms with Crippen molar-refractivity contribution in [2.24, 2.45) is 0 Å². The predicted octanol–water partition coefficient (Wildman–Crippen LogP) is 4.83. The van der Waals surface area contributed by atoms with Crippen molar-refractivity contribution < 1.29 is 4.39 Å². The molecule has 3 nitrogen and oxygen atoms in total. The van der Waals surface area contributed by atoms with Crippen molar-refractivity contribution >= 4 is 22.4 Å². The van der Waals surface area contributed by atoms with Gasteiger partial charge in [0.25, 0.3) is 5.56 Å². The SMILES string of the molecule is O=c1c2ccccc2c(Cc2ccccc2)nn1Cc1c(F)cccc1Cl. The Labute approximate surface area is 160 Å². The highest BCUT2D eigenvalue weighted by Gasteiger charge is 2.14. The van der Waals surface area contributed by atoms with E-state index in [1.54, 1.807) is 18.2 Å². The lowest BCUT2D eigenvalue weighted by Crippen LogP contribution is -2.26. The first-order chi connectivity index (χ1) is 13.1. The lowest BCUT2D eigenvalue weighted by atomic mass is 10.0. The van der Waals surface area contributed by atoms with Crippen molar-refractivity contribution in [2.75, 3.05) is 0 Å². The Bertz CT molecular complexity index is 1150. The zero-order chi connectivity index (χ0) is 18.8. The average molecular weight is 379 g/mol. The van der Waals surface area contributed by atoms with Gasteiger partial charge in [0.2, 0.25) is 0 Å². The summed E-state index contributed by atoms with van der Waals surface area (Å²) in [6, 6.07) is 21.8. The molecule has 0 aliphatic heterocycles. The van der Waals surface area contributed by atoms with Gasteiger partial charge in [-0.3, -0.25) is 4.79 Å². The quantitative estimate of drug-likeness (QED) is 0.510. The van der Waals surface area contributed by atoms with Crippen LogP contribution >= 0.6 is 11.6 Å². The van der Waals surface area contributed by atoms with Gasteiger partial charge >= 0.3 is 0 Å². The van der Waals surface area contributed by atoms with Gasteiger partial charge in [-0.05, 0) is 23.8 Å². The summed E-state index contributed by atoms with van der Waals surface area (Å²) in [5, 5.41) is 6.20. The van der Waals surface area contributed by atoms with Crippen molar-refractivity contribution in [2.45, 2.75) is 13.0 Å². The maximum Gasteiger partial charge on any atom is 0.274 e. The molecular weight excluding hydrogens is 363 g/mol. The normalized spacial score (nSPS) is 11.0. The molecule has 0 saturated carbocycles. The van der Waals surface area contributed by atoms with Crippen LogP contribution in [0.1, 0.15) is 16.8 Å². The van der Waals surface area contributed by atoms with Crippen molar-refractivity contribution in [1.82, 2.24) is 9.78 Å². The summed E-state index contributed by atoms with van der Waals surface area (Å²) >= 11 is 6.14. The van der Waals surface area contributed by atoms with Crippen LogP contribution in [0.4, 0.5) is 4.39 Å². The van der Waals surface area contributed by atoms with Gasteiger partial charge in [-0.2, -0.15) is 5.10 Å². The summed E-state index contributed by atoms with van der Waals surface area (Å²) in [5.74, 6) is -0.450. The maximum atomic E-state index is 14.2. The fraction of sp³-hybridized carbons (Fsp3) is 0.0909. The third kappa shape index (κ3) is 3.49. The molecule has 0 saturated heterocycles. The Kier molecular flexibility index (Phi) is 4.73. The molecule has 4 aromatic rings. The molecule has 3 aromatic carbocycles. The van der Waals surface area contributed by atoms with Gasteiger partial charge in [0.1, 0.15) is 5.82 Å². The smallest absolute Gasteiger partial charge is 0.267 e. The first-order valence-electron chi connectivity index (χ1n) is 8.59. The van der Waals surface area contributed by atoms with Crippen molar-refractivity contribution in [1.29, 1.82) is 0 Å². The Hall–Kier alpha value is -2.98. The summed E-state index contributed by atoms with van der Waals surface area (Å²) in [6.45, 7) is -0.0169. The number of rotatable bonds is 4. The molecule has 1 aromatic heterocycles. The number of fused-ring (bicyclic) bond motifs is 1. The van der Waals surface area contributed by atoms with Crippen LogP contribution in [0.25, 0.3) is 10.8 Å². The van der Waals surface area contributed by atoms with Crippen LogP contribution in [0.5, 0.6) is 0 Å². The molecule has 0 bridgehead atoms. The van der Waals surface area contributed by atoms with Crippen LogP contribution in [-0.4, -0.2) is 9.78 Å². The van der Waals surface area contributed by atoms with Crippen LogP contribution < -0.4 is 5.56 Å². The third-order valence-electron chi connectivity index (χ3n) is 4.53. The lowest BCUT2D eigenvalue weighted by molar-refractivity contribution is 0.571. The topological polar surface area (TPSA) is 34.9 Å². The fourth-order valence-electron chi connectivity index (χ4n) is 3.17. The van der Waals surface area contributed by atoms with Crippen LogP contribution in [0.3, 0.4) is 0 Å². The van der Waals surface area contributed by atoms with E-state index in [2.05, 4.69) is 5.10 Å². The second-order valence-electron chi connectivity index (χ2n) is 6.32. The largest absolute Gasteiger partial charge is 0.274 e. The second kappa shape index (κ2) is 7.33. The number of halogens is 2. The number of aromatic nitrogens is 2. The van der Waals surface area contributed by atoms with Crippen LogP contribution in [0, 0.1) is 5.82 Å². The second-order valence-corrected chi connectivity index (χ2v) is 6.72. The molecule has 0 N–H and O–H groups in total. The molecule has 27 heavy (non-hydrogen) atoms. The summed E-state index contributed by atoms with van der Waals surface area (Å²) in [5.41, 5.74) is 1.85. The highest BCUT2D eigenvalue weighted by Crippen LogP contribution is 2.21. The van der Waals surface area contributed by atoms with Crippen molar-refractivity contribution in [3.8, 4) is 0 Å². The molecule has 0 spiro atoms. The lowest BCUT2D eigenvalue weighted by Gasteiger charge is -2.12. The predicted molar refractivity (Wildman–Crippen MR) is 106 cm³/mol. The van der Waals surface area contributed by atoms with E-state index in [4.69, 9.17) is 11.6 Å². The molecule has 0 radical (unpaired) electrons. The van der Waals surface area contributed by atoms with E-state index in [1.165, 1.54) is 10.7 Å². The van der Waals surface area contributed by atoms with E-state index in [9.17, 15) is 9.18 Å². The molecule has 0 aliphatic carbocycles. The van der Waals surface area contributed by atoms with E-state index in [0.29, 0.717) is 11.8 Å². The van der Waals surface area contributed by atoms with E-state index < -0.39 is 5.82 Å². The highest BCUT2D eigenvalue weighted by atomic mass is 35.5. The molecule has 5 heteroatoms. The number of hydrogen-bond acceptors (Lipinski definition) is 2. The molecule has 0 amide bonds. The molecule has 0 aliphatic rings. The Morgan fingerprint density at radius 3 is 2.33 bits per heavy atom. The maximum absolute atomic E-state index is 14.2. The molecular formula is C22H16ClFN2O. The first kappa shape index (κ1) is 17.4. The van der Waals surface area contributed by atoms with Crippen molar-refractivity contribution in [3.63, 3.8) is 0 Å². The van der Waals surface area contributed by atoms with Gasteiger partial charge in [-0.1, -0.05) is 66.2 Å². The van der Waals surface area contributed by atoms with Crippen LogP contribution in [-0.2, 0) is 13.0 Å². The number of nitrogens with zero attached hydrogens (tertiary/aromatic N) is 2. The standard InChI is InChI=1S/C22H16ClFN2O/c23-19-11-6-12-20(24)18(19)14-26-22(27)17-10-5-4-9-16(17)21(25-26)13-15-7-2-1-3-8-15/h1-12H,13-14H2. The Morgan fingerprint density at radius 1 is 0.889 bits per heavy atom. The Balaban J connectivity index is 1.86. The Morgan fingerprint density at radius 2 is 1.59 bits per heavy atom. The van der Waals surface area contributed by atoms with E-state index in [-0.39, 0.29) is 22.7 Å². The summed E-state index contributed by atoms with van der Waals surface area (Å²) in [6.07, 6.45) is 0.576. The molecule has 134 valence electrons. The number of hydrogen-bond donors (Lipinski definition) is 0. The van der Waals surface area contributed by atoms with Crippen LogP contribution in [0.15, 0.2) is 77.6 Å². The minimum absolute atomic E-state index is 0.0169. The minimum atomic E-state index is -0.450. The zero-order valence-electron chi connectivity index (χ0n) is 14.4. The van der Waals surface area contributed by atoms with E-state index in [1.807, 2.05) is 48.5 Å². The molecule has 0 atom stereocenters. The van der Waals surface area contributed by atoms with Gasteiger partial charge in [0.15, 0.2) is 0 Å². The summed E-state index contributed by atoms with van der Waals surface area (Å²) in [7, 11) is 0. The molecule has 0 fully saturated rings. The van der Waals surface area contributed by atoms with Gasteiger partial charge < -0.3 is 0 Å². The summed E-state index contributed by atoms with van der Waals surface area (Å²) in [4.78, 5) is 12.9. The fourth-order valence-corrected chi connectivity index (χ4v) is 3.39. The van der Waals surface area contributed by atoms with Gasteiger partial charge in [-0.15, -0.1) is 0 Å². The van der Waals surface area contributed by atoms with Gasteiger partial charge in [-0.25, -0.2) is 9.07 Å².